The third-order valence-electron chi connectivity index (χ3n) is 3.58. The normalized spacial score (nSPS) is 14.5. The number of methoxy groups -OCH3 is 1. The van der Waals surface area contributed by atoms with Gasteiger partial charge in [-0.1, -0.05) is 26.0 Å². The van der Waals surface area contributed by atoms with Gasteiger partial charge in [-0.05, 0) is 42.4 Å². The van der Waals surface area contributed by atoms with Crippen molar-refractivity contribution in [3.8, 4) is 5.75 Å². The highest BCUT2D eigenvalue weighted by Crippen LogP contribution is 2.29. The first-order valence-electron chi connectivity index (χ1n) is 7.06. The summed E-state index contributed by atoms with van der Waals surface area (Å²) in [6.45, 7) is 5.05. The summed E-state index contributed by atoms with van der Waals surface area (Å²) in [6, 6.07) is 6.29. The lowest BCUT2D eigenvalue weighted by Crippen LogP contribution is -2.26. The predicted octanol–water partition coefficient (Wildman–Crippen LogP) is 2.89. The van der Waals surface area contributed by atoms with Gasteiger partial charge in [-0.15, -0.1) is 0 Å². The lowest BCUT2D eigenvalue weighted by molar-refractivity contribution is -0.122. The third kappa shape index (κ3) is 3.72. The number of carbonyl (C=O) groups excluding carboxylic acids is 1. The van der Waals surface area contributed by atoms with E-state index >= 15 is 0 Å². The average molecular weight is 261 g/mol. The van der Waals surface area contributed by atoms with Crippen molar-refractivity contribution in [2.24, 2.45) is 5.92 Å². The lowest BCUT2D eigenvalue weighted by Gasteiger charge is -2.13. The molecule has 0 radical (unpaired) electrons. The average Bonchev–Trinajstić information content (AvgIpc) is 3.22. The molecule has 0 aromatic heterocycles. The highest BCUT2D eigenvalue weighted by Gasteiger charge is 2.28. The van der Waals surface area contributed by atoms with E-state index in [2.05, 4.69) is 31.3 Å². The quantitative estimate of drug-likeness (QED) is 0.855. The summed E-state index contributed by atoms with van der Waals surface area (Å²) in [7, 11) is 1.71. The summed E-state index contributed by atoms with van der Waals surface area (Å²) in [5.74, 6) is 1.90. The number of amides is 1. The number of benzene rings is 1. The molecule has 1 aliphatic carbocycles. The summed E-state index contributed by atoms with van der Waals surface area (Å²) in [5.41, 5.74) is 2.48. The molecule has 3 heteroatoms. The van der Waals surface area contributed by atoms with Gasteiger partial charge in [-0.3, -0.25) is 4.79 Å². The summed E-state index contributed by atoms with van der Waals surface area (Å²) in [4.78, 5) is 11.5. The molecule has 0 unspecified atom stereocenters. The minimum absolute atomic E-state index is 0.220. The van der Waals surface area contributed by atoms with Crippen molar-refractivity contribution in [1.82, 2.24) is 5.32 Å². The molecule has 2 rings (SSSR count). The van der Waals surface area contributed by atoms with Gasteiger partial charge in [-0.25, -0.2) is 0 Å². The molecule has 0 bridgehead atoms. The smallest absolute Gasteiger partial charge is 0.223 e. The SMILES string of the molecule is COc1ccc(CCNC(=O)C2CC2)cc1C(C)C. The van der Waals surface area contributed by atoms with Gasteiger partial charge in [0.2, 0.25) is 5.91 Å². The van der Waals surface area contributed by atoms with Crippen LogP contribution in [0.15, 0.2) is 18.2 Å². The van der Waals surface area contributed by atoms with Gasteiger partial charge in [-0.2, -0.15) is 0 Å². The molecule has 0 spiro atoms. The summed E-state index contributed by atoms with van der Waals surface area (Å²) in [6.07, 6.45) is 3.00. The van der Waals surface area contributed by atoms with E-state index in [4.69, 9.17) is 4.74 Å². The largest absolute Gasteiger partial charge is 0.496 e. The Kier molecular flexibility index (Phi) is 4.46. The second-order valence-electron chi connectivity index (χ2n) is 5.55. The number of ether oxygens (including phenoxy) is 1. The molecule has 1 N–H and O–H groups in total. The molecule has 3 nitrogen and oxygen atoms in total. The van der Waals surface area contributed by atoms with Crippen LogP contribution in [0.2, 0.25) is 0 Å². The van der Waals surface area contributed by atoms with Crippen LogP contribution in [0.4, 0.5) is 0 Å². The van der Waals surface area contributed by atoms with E-state index in [0.717, 1.165) is 31.6 Å². The Labute approximate surface area is 115 Å². The molecular weight excluding hydrogens is 238 g/mol. The van der Waals surface area contributed by atoms with Crippen molar-refractivity contribution in [2.75, 3.05) is 13.7 Å². The van der Waals surface area contributed by atoms with E-state index in [9.17, 15) is 4.79 Å². The molecule has 104 valence electrons. The van der Waals surface area contributed by atoms with Gasteiger partial charge >= 0.3 is 0 Å². The number of carbonyl (C=O) groups is 1. The Morgan fingerprint density at radius 1 is 1.42 bits per heavy atom. The Hall–Kier alpha value is -1.51. The second-order valence-corrected chi connectivity index (χ2v) is 5.55. The highest BCUT2D eigenvalue weighted by atomic mass is 16.5. The van der Waals surface area contributed by atoms with E-state index in [1.54, 1.807) is 7.11 Å². The zero-order chi connectivity index (χ0) is 13.8. The first-order chi connectivity index (χ1) is 9.11. The first kappa shape index (κ1) is 13.9. The van der Waals surface area contributed by atoms with Crippen LogP contribution >= 0.6 is 0 Å². The monoisotopic (exact) mass is 261 g/mol. The van der Waals surface area contributed by atoms with Crippen molar-refractivity contribution in [3.63, 3.8) is 0 Å². The molecule has 0 aliphatic heterocycles. The van der Waals surface area contributed by atoms with E-state index < -0.39 is 0 Å². The van der Waals surface area contributed by atoms with Crippen LogP contribution in [-0.2, 0) is 11.2 Å². The van der Waals surface area contributed by atoms with Gasteiger partial charge in [0.25, 0.3) is 0 Å². The van der Waals surface area contributed by atoms with Crippen LogP contribution in [-0.4, -0.2) is 19.6 Å². The molecule has 0 heterocycles. The number of hydrogen-bond donors (Lipinski definition) is 1. The maximum absolute atomic E-state index is 11.5. The fourth-order valence-corrected chi connectivity index (χ4v) is 2.21. The van der Waals surface area contributed by atoms with Crippen LogP contribution in [0.1, 0.15) is 43.7 Å². The first-order valence-corrected chi connectivity index (χ1v) is 7.06. The van der Waals surface area contributed by atoms with E-state index in [-0.39, 0.29) is 5.91 Å². The summed E-state index contributed by atoms with van der Waals surface area (Å²) >= 11 is 0. The molecule has 1 fully saturated rings. The lowest BCUT2D eigenvalue weighted by atomic mass is 9.98. The maximum atomic E-state index is 11.5. The van der Waals surface area contributed by atoms with Crippen LogP contribution < -0.4 is 10.1 Å². The number of rotatable bonds is 6. The zero-order valence-corrected chi connectivity index (χ0v) is 12.0. The Morgan fingerprint density at radius 3 is 2.74 bits per heavy atom. The molecule has 1 aromatic carbocycles. The van der Waals surface area contributed by atoms with Gasteiger partial charge < -0.3 is 10.1 Å². The summed E-state index contributed by atoms with van der Waals surface area (Å²) in [5, 5.41) is 3.00. The van der Waals surface area contributed by atoms with Crippen molar-refractivity contribution < 1.29 is 9.53 Å². The van der Waals surface area contributed by atoms with Gasteiger partial charge in [0.05, 0.1) is 7.11 Å². The topological polar surface area (TPSA) is 38.3 Å². The number of nitrogens with one attached hydrogen (secondary N) is 1. The van der Waals surface area contributed by atoms with Crippen LogP contribution in [0.25, 0.3) is 0 Å². The standard InChI is InChI=1S/C16H23NO2/c1-11(2)14-10-12(4-7-15(14)19-3)8-9-17-16(18)13-5-6-13/h4,7,10-11,13H,5-6,8-9H2,1-3H3,(H,17,18). The van der Waals surface area contributed by atoms with E-state index in [1.807, 2.05) is 6.07 Å². The van der Waals surface area contributed by atoms with Crippen molar-refractivity contribution in [3.05, 3.63) is 29.3 Å². The Balaban J connectivity index is 1.92. The fourth-order valence-electron chi connectivity index (χ4n) is 2.21. The van der Waals surface area contributed by atoms with Gasteiger partial charge in [0.15, 0.2) is 0 Å². The molecule has 1 saturated carbocycles. The van der Waals surface area contributed by atoms with Crippen molar-refractivity contribution >= 4 is 5.91 Å². The molecular formula is C16H23NO2. The predicted molar refractivity (Wildman–Crippen MR) is 76.5 cm³/mol. The summed E-state index contributed by atoms with van der Waals surface area (Å²) < 4.78 is 5.37. The van der Waals surface area contributed by atoms with Gasteiger partial charge in [0.1, 0.15) is 5.75 Å². The Morgan fingerprint density at radius 2 is 2.16 bits per heavy atom. The molecule has 19 heavy (non-hydrogen) atoms. The minimum Gasteiger partial charge on any atom is -0.496 e. The zero-order valence-electron chi connectivity index (χ0n) is 12.0. The van der Waals surface area contributed by atoms with E-state index in [0.29, 0.717) is 11.8 Å². The molecule has 1 amide bonds. The van der Waals surface area contributed by atoms with Crippen molar-refractivity contribution in [1.29, 1.82) is 0 Å². The second kappa shape index (κ2) is 6.09. The van der Waals surface area contributed by atoms with Crippen LogP contribution in [0, 0.1) is 5.92 Å². The van der Waals surface area contributed by atoms with Gasteiger partial charge in [0, 0.05) is 12.5 Å². The third-order valence-corrected chi connectivity index (χ3v) is 3.58. The molecule has 0 atom stereocenters. The maximum Gasteiger partial charge on any atom is 0.223 e. The fraction of sp³-hybridized carbons (Fsp3) is 0.562. The van der Waals surface area contributed by atoms with Crippen molar-refractivity contribution in [2.45, 2.75) is 39.0 Å². The highest BCUT2D eigenvalue weighted by molar-refractivity contribution is 5.80. The number of hydrogen-bond acceptors (Lipinski definition) is 2. The Bertz CT molecular complexity index is 450. The van der Waals surface area contributed by atoms with Crippen LogP contribution in [0.5, 0.6) is 5.75 Å². The minimum atomic E-state index is 0.220. The molecule has 1 aliphatic rings. The molecule has 0 saturated heterocycles. The molecule has 1 aromatic rings. The van der Waals surface area contributed by atoms with Crippen LogP contribution in [0.3, 0.4) is 0 Å². The van der Waals surface area contributed by atoms with E-state index in [1.165, 1.54) is 11.1 Å².